The van der Waals surface area contributed by atoms with E-state index in [1.807, 2.05) is 0 Å². The lowest BCUT2D eigenvalue weighted by atomic mass is 10.1. The van der Waals surface area contributed by atoms with E-state index in [4.69, 9.17) is 4.74 Å². The SMILES string of the molecule is Cc1[nH]c2ccccc2c1C(=O)COC(=O)c1ccccc1C(F)(F)F. The molecule has 26 heavy (non-hydrogen) atoms. The number of aryl methyl sites for hydroxylation is 1. The van der Waals surface area contributed by atoms with Crippen LogP contribution in [0, 0.1) is 6.92 Å². The molecule has 0 atom stereocenters. The number of fused-ring (bicyclic) bond motifs is 1. The molecule has 0 saturated carbocycles. The molecule has 0 aliphatic rings. The average Bonchev–Trinajstić information content (AvgIpc) is 2.94. The Morgan fingerprint density at radius 3 is 2.42 bits per heavy atom. The van der Waals surface area contributed by atoms with E-state index in [-0.39, 0.29) is 0 Å². The molecule has 1 heterocycles. The molecule has 0 aliphatic carbocycles. The lowest BCUT2D eigenvalue weighted by Crippen LogP contribution is -2.18. The number of halogens is 3. The number of hydrogen-bond donors (Lipinski definition) is 1. The summed E-state index contributed by atoms with van der Waals surface area (Å²) in [7, 11) is 0. The molecule has 7 heteroatoms. The number of carbonyl (C=O) groups excluding carboxylic acids is 2. The maximum absolute atomic E-state index is 13.0. The number of alkyl halides is 3. The van der Waals surface area contributed by atoms with Crippen molar-refractivity contribution in [3.8, 4) is 0 Å². The zero-order valence-corrected chi connectivity index (χ0v) is 13.7. The number of hydrogen-bond acceptors (Lipinski definition) is 3. The monoisotopic (exact) mass is 361 g/mol. The predicted molar refractivity (Wildman–Crippen MR) is 89.1 cm³/mol. The van der Waals surface area contributed by atoms with Gasteiger partial charge in [0.1, 0.15) is 0 Å². The van der Waals surface area contributed by atoms with Crippen LogP contribution in [0.5, 0.6) is 0 Å². The Hall–Kier alpha value is -3.09. The van der Waals surface area contributed by atoms with Crippen molar-refractivity contribution in [2.45, 2.75) is 13.1 Å². The maximum Gasteiger partial charge on any atom is 0.417 e. The van der Waals surface area contributed by atoms with E-state index in [1.165, 1.54) is 12.1 Å². The van der Waals surface area contributed by atoms with Crippen LogP contribution < -0.4 is 0 Å². The van der Waals surface area contributed by atoms with Crippen molar-refractivity contribution >= 4 is 22.7 Å². The zero-order valence-electron chi connectivity index (χ0n) is 13.7. The van der Waals surface area contributed by atoms with Crippen LogP contribution in [0.1, 0.15) is 32.0 Å². The highest BCUT2D eigenvalue weighted by atomic mass is 19.4. The van der Waals surface area contributed by atoms with Crippen molar-refractivity contribution in [1.82, 2.24) is 4.98 Å². The van der Waals surface area contributed by atoms with E-state index < -0.39 is 35.7 Å². The van der Waals surface area contributed by atoms with Crippen LogP contribution in [0.25, 0.3) is 10.9 Å². The maximum atomic E-state index is 13.0. The van der Waals surface area contributed by atoms with Crippen molar-refractivity contribution in [2.75, 3.05) is 6.61 Å². The first-order valence-electron chi connectivity index (χ1n) is 7.73. The van der Waals surface area contributed by atoms with Gasteiger partial charge in [0.2, 0.25) is 5.78 Å². The molecule has 0 fully saturated rings. The van der Waals surface area contributed by atoms with Crippen molar-refractivity contribution in [1.29, 1.82) is 0 Å². The predicted octanol–water partition coefficient (Wildman–Crippen LogP) is 4.53. The largest absolute Gasteiger partial charge is 0.454 e. The van der Waals surface area contributed by atoms with Crippen LogP contribution >= 0.6 is 0 Å². The first-order chi connectivity index (χ1) is 12.3. The lowest BCUT2D eigenvalue weighted by molar-refractivity contribution is -0.138. The number of benzene rings is 2. The molecule has 0 bridgehead atoms. The lowest BCUT2D eigenvalue weighted by Gasteiger charge is -2.11. The summed E-state index contributed by atoms with van der Waals surface area (Å²) < 4.78 is 43.8. The third kappa shape index (κ3) is 3.33. The van der Waals surface area contributed by atoms with Gasteiger partial charge >= 0.3 is 12.1 Å². The van der Waals surface area contributed by atoms with Gasteiger partial charge in [-0.15, -0.1) is 0 Å². The van der Waals surface area contributed by atoms with Crippen LogP contribution in [0.2, 0.25) is 0 Å². The Morgan fingerprint density at radius 2 is 1.69 bits per heavy atom. The second kappa shape index (κ2) is 6.67. The number of H-pyrrole nitrogens is 1. The van der Waals surface area contributed by atoms with E-state index >= 15 is 0 Å². The second-order valence-electron chi connectivity index (χ2n) is 5.71. The van der Waals surface area contributed by atoms with E-state index in [2.05, 4.69) is 4.98 Å². The normalized spacial score (nSPS) is 11.5. The summed E-state index contributed by atoms with van der Waals surface area (Å²) in [4.78, 5) is 27.5. The first-order valence-corrected chi connectivity index (χ1v) is 7.73. The minimum Gasteiger partial charge on any atom is -0.454 e. The third-order valence-electron chi connectivity index (χ3n) is 3.96. The van der Waals surface area contributed by atoms with Gasteiger partial charge < -0.3 is 9.72 Å². The van der Waals surface area contributed by atoms with Gasteiger partial charge in [-0.2, -0.15) is 13.2 Å². The molecule has 0 spiro atoms. The summed E-state index contributed by atoms with van der Waals surface area (Å²) in [5.41, 5.74) is -0.00767. The second-order valence-corrected chi connectivity index (χ2v) is 5.71. The number of aromatic amines is 1. The molecule has 0 radical (unpaired) electrons. The smallest absolute Gasteiger partial charge is 0.417 e. The number of ether oxygens (including phenoxy) is 1. The highest BCUT2D eigenvalue weighted by molar-refractivity contribution is 6.10. The summed E-state index contributed by atoms with van der Waals surface area (Å²) in [5, 5.41) is 0.668. The molecule has 0 saturated heterocycles. The Balaban J connectivity index is 1.80. The summed E-state index contributed by atoms with van der Waals surface area (Å²) in [6.07, 6.45) is -4.69. The number of ketones is 1. The van der Waals surface area contributed by atoms with E-state index in [1.54, 1.807) is 31.2 Å². The van der Waals surface area contributed by atoms with E-state index in [0.29, 0.717) is 16.6 Å². The van der Waals surface area contributed by atoms with Crippen LogP contribution in [0.3, 0.4) is 0 Å². The van der Waals surface area contributed by atoms with Gasteiger partial charge in [0, 0.05) is 22.2 Å². The molecule has 134 valence electrons. The fraction of sp³-hybridized carbons (Fsp3) is 0.158. The topological polar surface area (TPSA) is 59.2 Å². The van der Waals surface area contributed by atoms with E-state index in [9.17, 15) is 22.8 Å². The van der Waals surface area contributed by atoms with Gasteiger partial charge in [-0.1, -0.05) is 30.3 Å². The number of Topliss-reactive ketones (excluding diaryl/α,β-unsaturated/α-hetero) is 1. The van der Waals surface area contributed by atoms with E-state index in [0.717, 1.165) is 17.6 Å². The van der Waals surface area contributed by atoms with Crippen molar-refractivity contribution in [3.63, 3.8) is 0 Å². The number of nitrogens with one attached hydrogen (secondary N) is 1. The summed E-state index contributed by atoms with van der Waals surface area (Å²) in [6.45, 7) is 1.06. The molecule has 0 amide bonds. The number of para-hydroxylation sites is 1. The van der Waals surface area contributed by atoms with Crippen LogP contribution in [0.15, 0.2) is 48.5 Å². The zero-order chi connectivity index (χ0) is 18.9. The van der Waals surface area contributed by atoms with Gasteiger partial charge in [-0.3, -0.25) is 4.79 Å². The minimum atomic E-state index is -4.69. The van der Waals surface area contributed by atoms with Gasteiger partial charge in [-0.05, 0) is 25.1 Å². The molecule has 3 aromatic rings. The number of aromatic nitrogens is 1. The fourth-order valence-electron chi connectivity index (χ4n) is 2.83. The van der Waals surface area contributed by atoms with Crippen LogP contribution in [0.4, 0.5) is 13.2 Å². The first kappa shape index (κ1) is 17.7. The molecule has 0 aliphatic heterocycles. The molecular formula is C19H14F3NO3. The minimum absolute atomic E-state index is 0.359. The Morgan fingerprint density at radius 1 is 1.04 bits per heavy atom. The highest BCUT2D eigenvalue weighted by Crippen LogP contribution is 2.32. The van der Waals surface area contributed by atoms with Crippen LogP contribution in [-0.2, 0) is 10.9 Å². The molecular weight excluding hydrogens is 347 g/mol. The van der Waals surface area contributed by atoms with Crippen LogP contribution in [-0.4, -0.2) is 23.3 Å². The number of esters is 1. The standard InChI is InChI=1S/C19H14F3NO3/c1-11-17(13-7-3-5-9-15(13)23-11)16(24)10-26-18(25)12-6-2-4-8-14(12)19(20,21)22/h2-9,23H,10H2,1H3. The van der Waals surface area contributed by atoms with Gasteiger partial charge in [-0.25, -0.2) is 4.79 Å². The molecule has 2 aromatic carbocycles. The van der Waals surface area contributed by atoms with Crippen molar-refractivity contribution in [3.05, 3.63) is 70.9 Å². The molecule has 3 rings (SSSR count). The summed E-state index contributed by atoms with van der Waals surface area (Å²) in [5.74, 6) is -1.68. The Bertz CT molecular complexity index is 989. The van der Waals surface area contributed by atoms with Gasteiger partial charge in [0.15, 0.2) is 6.61 Å². The molecule has 1 aromatic heterocycles. The third-order valence-corrected chi connectivity index (χ3v) is 3.96. The van der Waals surface area contributed by atoms with Gasteiger partial charge in [0.25, 0.3) is 0 Å². The quantitative estimate of drug-likeness (QED) is 0.548. The average molecular weight is 361 g/mol. The van der Waals surface area contributed by atoms with Crippen molar-refractivity contribution < 1.29 is 27.5 Å². The fourth-order valence-corrected chi connectivity index (χ4v) is 2.83. The molecule has 1 N–H and O–H groups in total. The summed E-state index contributed by atoms with van der Waals surface area (Å²) >= 11 is 0. The highest BCUT2D eigenvalue weighted by Gasteiger charge is 2.35. The summed E-state index contributed by atoms with van der Waals surface area (Å²) in [6, 6.07) is 11.4. The number of rotatable bonds is 4. The molecule has 4 nitrogen and oxygen atoms in total. The van der Waals surface area contributed by atoms with Gasteiger partial charge in [0.05, 0.1) is 11.1 Å². The number of carbonyl (C=O) groups is 2. The molecule has 0 unspecified atom stereocenters. The van der Waals surface area contributed by atoms with Crippen molar-refractivity contribution in [2.24, 2.45) is 0 Å². The Kier molecular flexibility index (Phi) is 4.54. The Labute approximate surface area is 146 Å².